The molecule has 0 amide bonds. The number of nitriles is 1. The molecule has 136 valence electrons. The van der Waals surface area contributed by atoms with Gasteiger partial charge in [0, 0.05) is 5.56 Å². The van der Waals surface area contributed by atoms with E-state index in [0.717, 1.165) is 5.56 Å². The first-order valence-electron chi connectivity index (χ1n) is 8.39. The molecule has 0 saturated carbocycles. The molecule has 3 aromatic carbocycles. The van der Waals surface area contributed by atoms with Crippen molar-refractivity contribution in [3.63, 3.8) is 0 Å². The molecule has 0 aliphatic heterocycles. The van der Waals surface area contributed by atoms with Gasteiger partial charge in [-0.3, -0.25) is 0 Å². The van der Waals surface area contributed by atoms with Gasteiger partial charge in [-0.1, -0.05) is 42.5 Å². The van der Waals surface area contributed by atoms with E-state index in [0.29, 0.717) is 23.5 Å². The zero-order chi connectivity index (χ0) is 19.4. The van der Waals surface area contributed by atoms with Crippen LogP contribution in [0.15, 0.2) is 54.6 Å². The van der Waals surface area contributed by atoms with Crippen molar-refractivity contribution >= 4 is 5.69 Å². The second kappa shape index (κ2) is 7.79. The van der Waals surface area contributed by atoms with Gasteiger partial charge in [0.2, 0.25) is 0 Å². The van der Waals surface area contributed by atoms with Gasteiger partial charge in [0.15, 0.2) is 11.6 Å². The van der Waals surface area contributed by atoms with Crippen LogP contribution in [0.2, 0.25) is 0 Å². The monoisotopic (exact) mass is 362 g/mol. The zero-order valence-corrected chi connectivity index (χ0v) is 15.1. The van der Waals surface area contributed by atoms with Crippen LogP contribution in [0.1, 0.15) is 16.7 Å². The Kier molecular flexibility index (Phi) is 5.28. The Hall–Kier alpha value is -3.52. The largest absolute Gasteiger partial charge is 0.492 e. The van der Waals surface area contributed by atoms with Crippen LogP contribution in [-0.2, 0) is 6.61 Å². The third-order valence-electron chi connectivity index (χ3n) is 4.37. The molecule has 27 heavy (non-hydrogen) atoms. The fraction of sp³-hybridized carbons (Fsp3) is 0.136. The van der Waals surface area contributed by atoms with E-state index in [2.05, 4.69) is 0 Å². The van der Waals surface area contributed by atoms with Crippen molar-refractivity contribution in [2.45, 2.75) is 13.5 Å². The van der Waals surface area contributed by atoms with Gasteiger partial charge in [0.25, 0.3) is 0 Å². The minimum Gasteiger partial charge on any atom is -0.492 e. The van der Waals surface area contributed by atoms with Crippen LogP contribution in [0.4, 0.5) is 10.1 Å². The van der Waals surface area contributed by atoms with Gasteiger partial charge in [-0.05, 0) is 35.7 Å². The Labute approximate surface area is 157 Å². The Morgan fingerprint density at radius 3 is 2.52 bits per heavy atom. The Bertz CT molecular complexity index is 1010. The molecule has 5 heteroatoms. The van der Waals surface area contributed by atoms with Crippen LogP contribution in [0.25, 0.3) is 11.1 Å². The molecule has 0 fully saturated rings. The molecule has 0 heterocycles. The molecule has 0 radical (unpaired) electrons. The summed E-state index contributed by atoms with van der Waals surface area (Å²) >= 11 is 0. The number of benzene rings is 3. The fourth-order valence-corrected chi connectivity index (χ4v) is 3.01. The summed E-state index contributed by atoms with van der Waals surface area (Å²) in [6.45, 7) is 2.07. The molecular formula is C22H19FN2O2. The number of nitrogen functional groups attached to an aromatic ring is 1. The first kappa shape index (κ1) is 18.3. The average Bonchev–Trinajstić information content (AvgIpc) is 2.68. The number of methoxy groups -OCH3 is 1. The highest BCUT2D eigenvalue weighted by Crippen LogP contribution is 2.40. The van der Waals surface area contributed by atoms with E-state index in [4.69, 9.17) is 15.2 Å². The number of nitrogens with zero attached hydrogens (tertiary/aromatic N) is 1. The van der Waals surface area contributed by atoms with Crippen molar-refractivity contribution in [1.82, 2.24) is 0 Å². The molecule has 0 atom stereocenters. The number of rotatable bonds is 5. The van der Waals surface area contributed by atoms with Crippen molar-refractivity contribution in [2.24, 2.45) is 0 Å². The van der Waals surface area contributed by atoms with E-state index in [1.807, 2.05) is 36.4 Å². The Morgan fingerprint density at radius 1 is 1.11 bits per heavy atom. The standard InChI is InChI=1S/C22H19FN2O2/c1-14-18(12-24)21(25)22(26-2)20(23)19(14)16-9-6-10-17(11-16)27-13-15-7-4-3-5-8-15/h3-11H,13,25H2,1-2H3. The highest BCUT2D eigenvalue weighted by molar-refractivity contribution is 5.80. The van der Waals surface area contributed by atoms with Gasteiger partial charge in [-0.15, -0.1) is 0 Å². The van der Waals surface area contributed by atoms with E-state index in [1.165, 1.54) is 7.11 Å². The maximum absolute atomic E-state index is 15.0. The lowest BCUT2D eigenvalue weighted by molar-refractivity contribution is 0.306. The predicted molar refractivity (Wildman–Crippen MR) is 103 cm³/mol. The van der Waals surface area contributed by atoms with Crippen molar-refractivity contribution in [3.05, 3.63) is 77.1 Å². The molecule has 0 aliphatic carbocycles. The van der Waals surface area contributed by atoms with Crippen molar-refractivity contribution in [1.29, 1.82) is 5.26 Å². The summed E-state index contributed by atoms with van der Waals surface area (Å²) in [4.78, 5) is 0. The lowest BCUT2D eigenvalue weighted by atomic mass is 9.94. The van der Waals surface area contributed by atoms with Crippen LogP contribution in [0.5, 0.6) is 11.5 Å². The first-order valence-corrected chi connectivity index (χ1v) is 8.39. The molecule has 0 spiro atoms. The molecule has 2 N–H and O–H groups in total. The quantitative estimate of drug-likeness (QED) is 0.659. The third kappa shape index (κ3) is 3.56. The van der Waals surface area contributed by atoms with Crippen molar-refractivity contribution < 1.29 is 13.9 Å². The SMILES string of the molecule is COc1c(N)c(C#N)c(C)c(-c2cccc(OCc3ccccc3)c2)c1F. The minimum absolute atomic E-state index is 0.00947. The van der Waals surface area contributed by atoms with Gasteiger partial charge < -0.3 is 15.2 Å². The Morgan fingerprint density at radius 2 is 1.85 bits per heavy atom. The van der Waals surface area contributed by atoms with Gasteiger partial charge in [-0.2, -0.15) is 5.26 Å². The molecular weight excluding hydrogens is 343 g/mol. The molecule has 3 rings (SSSR count). The van der Waals surface area contributed by atoms with E-state index in [-0.39, 0.29) is 22.6 Å². The summed E-state index contributed by atoms with van der Waals surface area (Å²) in [6, 6.07) is 18.9. The minimum atomic E-state index is -0.591. The number of anilines is 1. The second-order valence-corrected chi connectivity index (χ2v) is 6.05. The van der Waals surface area contributed by atoms with Crippen molar-refractivity contribution in [3.8, 4) is 28.7 Å². The van der Waals surface area contributed by atoms with Gasteiger partial charge in [0.1, 0.15) is 18.4 Å². The summed E-state index contributed by atoms with van der Waals surface area (Å²) in [5, 5.41) is 9.41. The number of hydrogen-bond donors (Lipinski definition) is 1. The summed E-state index contributed by atoms with van der Waals surface area (Å²) in [6.07, 6.45) is 0. The first-order chi connectivity index (χ1) is 13.1. The molecule has 0 unspecified atom stereocenters. The van der Waals surface area contributed by atoms with Gasteiger partial charge in [0.05, 0.1) is 18.4 Å². The third-order valence-corrected chi connectivity index (χ3v) is 4.37. The lowest BCUT2D eigenvalue weighted by Crippen LogP contribution is -2.04. The smallest absolute Gasteiger partial charge is 0.179 e. The van der Waals surface area contributed by atoms with E-state index in [1.54, 1.807) is 31.2 Å². The highest BCUT2D eigenvalue weighted by Gasteiger charge is 2.22. The molecule has 0 aromatic heterocycles. The van der Waals surface area contributed by atoms with Gasteiger partial charge >= 0.3 is 0 Å². The normalized spacial score (nSPS) is 10.3. The molecule has 3 aromatic rings. The van der Waals surface area contributed by atoms with Crippen LogP contribution in [0, 0.1) is 24.1 Å². The molecule has 0 saturated heterocycles. The van der Waals surface area contributed by atoms with Gasteiger partial charge in [-0.25, -0.2) is 4.39 Å². The lowest BCUT2D eigenvalue weighted by Gasteiger charge is -2.16. The molecule has 0 bridgehead atoms. The molecule has 0 aliphatic rings. The zero-order valence-electron chi connectivity index (χ0n) is 15.1. The summed E-state index contributed by atoms with van der Waals surface area (Å²) in [7, 11) is 1.33. The van der Waals surface area contributed by atoms with Crippen LogP contribution < -0.4 is 15.2 Å². The summed E-state index contributed by atoms with van der Waals surface area (Å²) < 4.78 is 25.9. The highest BCUT2D eigenvalue weighted by atomic mass is 19.1. The van der Waals surface area contributed by atoms with Crippen LogP contribution in [0.3, 0.4) is 0 Å². The van der Waals surface area contributed by atoms with Crippen LogP contribution >= 0.6 is 0 Å². The number of halogens is 1. The number of ether oxygens (including phenoxy) is 2. The second-order valence-electron chi connectivity index (χ2n) is 6.05. The predicted octanol–water partition coefficient (Wildman–Crippen LogP) is 4.84. The maximum atomic E-state index is 15.0. The summed E-state index contributed by atoms with van der Waals surface area (Å²) in [5.41, 5.74) is 8.47. The topological polar surface area (TPSA) is 68.3 Å². The van der Waals surface area contributed by atoms with Crippen molar-refractivity contribution in [2.75, 3.05) is 12.8 Å². The fourth-order valence-electron chi connectivity index (χ4n) is 3.01. The summed E-state index contributed by atoms with van der Waals surface area (Å²) in [5.74, 6) is -0.112. The Balaban J connectivity index is 2.01. The number of nitrogens with two attached hydrogens (primary N) is 1. The van der Waals surface area contributed by atoms with E-state index in [9.17, 15) is 5.26 Å². The van der Waals surface area contributed by atoms with E-state index < -0.39 is 5.82 Å². The average molecular weight is 362 g/mol. The van der Waals surface area contributed by atoms with Crippen LogP contribution in [-0.4, -0.2) is 7.11 Å². The maximum Gasteiger partial charge on any atom is 0.179 e. The van der Waals surface area contributed by atoms with E-state index >= 15 is 4.39 Å². The number of hydrogen-bond acceptors (Lipinski definition) is 4. The molecule has 4 nitrogen and oxygen atoms in total.